The van der Waals surface area contributed by atoms with Gasteiger partial charge in [-0.3, -0.25) is 0 Å². The number of nitrogens with zero attached hydrogens (tertiary/aromatic N) is 3. The third-order valence-electron chi connectivity index (χ3n) is 10.2. The van der Waals surface area contributed by atoms with Crippen LogP contribution >= 0.6 is 0 Å². The first-order valence-corrected chi connectivity index (χ1v) is 19.4. The van der Waals surface area contributed by atoms with Crippen molar-refractivity contribution in [3.05, 3.63) is 236 Å². The van der Waals surface area contributed by atoms with Crippen LogP contribution in [0, 0.1) is 0 Å². The van der Waals surface area contributed by atoms with E-state index in [1.807, 2.05) is 97.1 Å². The van der Waals surface area contributed by atoms with Crippen molar-refractivity contribution in [3.8, 4) is 67.3 Å². The Bertz CT molecular complexity index is 4320. The largest absolute Gasteiger partial charge is 0.456 e. The summed E-state index contributed by atoms with van der Waals surface area (Å²) in [5.41, 5.74) is 1.20. The lowest BCUT2D eigenvalue weighted by atomic mass is 9.95. The van der Waals surface area contributed by atoms with E-state index in [-0.39, 0.29) is 16.7 Å². The molecule has 0 aliphatic rings. The van der Waals surface area contributed by atoms with Gasteiger partial charge in [0.15, 0.2) is 5.82 Å². The molecule has 0 aliphatic heterocycles. The monoisotopic (exact) mass is 811 g/mol. The summed E-state index contributed by atoms with van der Waals surface area (Å²) in [4.78, 5) is 10.7. The molecule has 62 heavy (non-hydrogen) atoms. The Morgan fingerprint density at radius 2 is 0.968 bits per heavy atom. The Balaban J connectivity index is 1.18. The fourth-order valence-corrected chi connectivity index (χ4v) is 7.31. The SMILES string of the molecule is [2H]c1c([2H])c([2H])c(-c2c([2H])c([2H])c([2H])c(N(c3c([2H])c([2H])c([2H])c([2H])c3[2H])c3c([2H])c([2H])c(-c4cc(-c5cc(-c6ccc(-c7ccccc7)cc6)nc(-c6ccccc6)n5)c5c(c4)oc4ccccc45)c([2H])c3[2H])c2[2H])c([2H])c1[2H]. The first-order chi connectivity index (χ1) is 38.2. The molecule has 0 saturated carbocycles. The summed E-state index contributed by atoms with van der Waals surface area (Å²) >= 11 is 0. The molecule has 0 atom stereocenters. The molecule has 9 aromatic carbocycles. The van der Waals surface area contributed by atoms with Crippen molar-refractivity contribution in [2.45, 2.75) is 0 Å². The Labute approximate surface area is 386 Å². The lowest BCUT2D eigenvalue weighted by molar-refractivity contribution is 0.669. The zero-order chi connectivity index (χ0) is 56.9. The van der Waals surface area contributed by atoms with Crippen molar-refractivity contribution in [1.82, 2.24) is 9.97 Å². The zero-order valence-electron chi connectivity index (χ0n) is 50.4. The second-order valence-electron chi connectivity index (χ2n) is 14.0. The molecule has 0 fully saturated rings. The zero-order valence-corrected chi connectivity index (χ0v) is 32.4. The van der Waals surface area contributed by atoms with Crippen molar-refractivity contribution < 1.29 is 29.1 Å². The molecule has 0 unspecified atom stereocenters. The van der Waals surface area contributed by atoms with Crippen molar-refractivity contribution in [3.63, 3.8) is 0 Å². The maximum Gasteiger partial charge on any atom is 0.160 e. The maximum atomic E-state index is 9.76. The van der Waals surface area contributed by atoms with Crippen LogP contribution in [0.1, 0.15) is 24.7 Å². The van der Waals surface area contributed by atoms with E-state index >= 15 is 0 Å². The van der Waals surface area contributed by atoms with Gasteiger partial charge in [-0.05, 0) is 93.9 Å². The molecule has 0 radical (unpaired) electrons. The molecule has 11 aromatic rings. The van der Waals surface area contributed by atoms with Crippen molar-refractivity contribution >= 4 is 39.0 Å². The highest BCUT2D eigenvalue weighted by Gasteiger charge is 2.20. The van der Waals surface area contributed by atoms with Gasteiger partial charge in [-0.25, -0.2) is 9.97 Å². The smallest absolute Gasteiger partial charge is 0.160 e. The Morgan fingerprint density at radius 3 is 1.73 bits per heavy atom. The van der Waals surface area contributed by atoms with Gasteiger partial charge < -0.3 is 9.32 Å². The molecule has 2 heterocycles. The highest BCUT2D eigenvalue weighted by atomic mass is 16.3. The van der Waals surface area contributed by atoms with Crippen LogP contribution in [0.3, 0.4) is 0 Å². The minimum absolute atomic E-state index is 0.0935. The second kappa shape index (κ2) is 16.0. The molecule has 4 nitrogen and oxygen atoms in total. The highest BCUT2D eigenvalue weighted by molar-refractivity contribution is 6.13. The number of fused-ring (bicyclic) bond motifs is 3. The van der Waals surface area contributed by atoms with Gasteiger partial charge in [-0.1, -0.05) is 176 Å². The first kappa shape index (κ1) is 22.3. The summed E-state index contributed by atoms with van der Waals surface area (Å²) in [5.74, 6) is 0.365. The van der Waals surface area contributed by atoms with E-state index in [2.05, 4.69) is 0 Å². The second-order valence-corrected chi connectivity index (χ2v) is 14.0. The predicted molar refractivity (Wildman–Crippen MR) is 257 cm³/mol. The van der Waals surface area contributed by atoms with Crippen LogP contribution in [-0.2, 0) is 0 Å². The van der Waals surface area contributed by atoms with Crippen molar-refractivity contribution in [2.24, 2.45) is 0 Å². The molecule has 292 valence electrons. The number of hydrogen-bond donors (Lipinski definition) is 0. The van der Waals surface area contributed by atoms with Crippen molar-refractivity contribution in [1.29, 1.82) is 0 Å². The van der Waals surface area contributed by atoms with E-state index in [1.165, 1.54) is 0 Å². The van der Waals surface area contributed by atoms with Crippen LogP contribution in [0.5, 0.6) is 0 Å². The standard InChI is InChI=1S/C58H39N3O/c1-5-16-40(17-6-1)42-28-30-44(31-29-42)53-39-54(60-58(59-53)45-20-9-3-10-21-45)52-37-47(38-56-57(52)51-26-13-14-27-55(51)62-56)43-32-34-49(35-33-43)61(48-23-11-4-12-24-48)50-25-15-22-46(36-50)41-18-7-2-8-19-41/h1-39H/i2D,4D,7D,8D,11D,12D,15D,18D,19D,22D,23D,24D,25D,32D,33D,34D,35D,36D. The molecule has 2 aromatic heterocycles. The first-order valence-electron chi connectivity index (χ1n) is 28.4. The molecule has 0 bridgehead atoms. The lowest BCUT2D eigenvalue weighted by Crippen LogP contribution is -2.09. The van der Waals surface area contributed by atoms with Crippen LogP contribution in [0.15, 0.2) is 241 Å². The number of rotatable bonds is 9. The quantitative estimate of drug-likeness (QED) is 0.146. The fraction of sp³-hybridized carbons (Fsp3) is 0. The minimum atomic E-state index is -1.03. The minimum Gasteiger partial charge on any atom is -0.456 e. The number of anilines is 3. The molecule has 0 saturated heterocycles. The molecule has 0 N–H and O–H groups in total. The summed E-state index contributed by atoms with van der Waals surface area (Å²) in [5, 5.41) is 1.28. The van der Waals surface area contributed by atoms with Crippen LogP contribution in [0.25, 0.3) is 89.2 Å². The average Bonchev–Trinajstić information content (AvgIpc) is 3.92. The molecule has 0 amide bonds. The number of aromatic nitrogens is 2. The average molecular weight is 812 g/mol. The van der Waals surface area contributed by atoms with Gasteiger partial charge in [0.25, 0.3) is 0 Å². The molecular formula is C58H39N3O. The number of benzene rings is 9. The maximum absolute atomic E-state index is 9.76. The third-order valence-corrected chi connectivity index (χ3v) is 10.2. The molecule has 0 spiro atoms. The van der Waals surface area contributed by atoms with E-state index < -0.39 is 137 Å². The van der Waals surface area contributed by atoms with Crippen LogP contribution in [0.2, 0.25) is 0 Å². The topological polar surface area (TPSA) is 42.2 Å². The molecular weight excluding hydrogens is 755 g/mol. The Kier molecular flexibility index (Phi) is 5.77. The van der Waals surface area contributed by atoms with Gasteiger partial charge in [0.1, 0.15) is 11.2 Å². The normalized spacial score (nSPS) is 15.3. The molecule has 0 aliphatic carbocycles. The van der Waals surface area contributed by atoms with E-state index in [0.717, 1.165) is 16.7 Å². The molecule has 4 heteroatoms. The Morgan fingerprint density at radius 1 is 0.387 bits per heavy atom. The van der Waals surface area contributed by atoms with E-state index in [0.29, 0.717) is 49.6 Å². The number of furan rings is 1. The number of para-hydroxylation sites is 2. The predicted octanol–water partition coefficient (Wildman–Crippen LogP) is 15.8. The lowest BCUT2D eigenvalue weighted by Gasteiger charge is -2.26. The van der Waals surface area contributed by atoms with Crippen molar-refractivity contribution in [2.75, 3.05) is 4.90 Å². The van der Waals surface area contributed by atoms with Gasteiger partial charge in [0.05, 0.1) is 36.1 Å². The van der Waals surface area contributed by atoms with Gasteiger partial charge in [0.2, 0.25) is 0 Å². The van der Waals surface area contributed by atoms with E-state index in [9.17, 15) is 8.22 Å². The highest BCUT2D eigenvalue weighted by Crippen LogP contribution is 2.42. The van der Waals surface area contributed by atoms with Gasteiger partial charge in [-0.2, -0.15) is 0 Å². The number of hydrogen-bond acceptors (Lipinski definition) is 4. The van der Waals surface area contributed by atoms with E-state index in [1.54, 1.807) is 30.3 Å². The summed E-state index contributed by atoms with van der Waals surface area (Å²) in [7, 11) is 0. The Hall–Kier alpha value is -8.34. The summed E-state index contributed by atoms with van der Waals surface area (Å²) in [6.07, 6.45) is 0. The molecule has 11 rings (SSSR count). The summed E-state index contributed by atoms with van der Waals surface area (Å²) < 4.78 is 169. The van der Waals surface area contributed by atoms with E-state index in [4.69, 9.17) is 30.8 Å². The third kappa shape index (κ3) is 7.10. The van der Waals surface area contributed by atoms with Crippen LogP contribution in [0.4, 0.5) is 17.1 Å². The summed E-state index contributed by atoms with van der Waals surface area (Å²) in [6.45, 7) is 0. The van der Waals surface area contributed by atoms with Crippen LogP contribution in [-0.4, -0.2) is 9.97 Å². The van der Waals surface area contributed by atoms with Crippen LogP contribution < -0.4 is 4.90 Å². The van der Waals surface area contributed by atoms with Gasteiger partial charge in [0, 0.05) is 44.5 Å². The van der Waals surface area contributed by atoms with Gasteiger partial charge in [-0.15, -0.1) is 0 Å². The fourth-order valence-electron chi connectivity index (χ4n) is 7.31. The van der Waals surface area contributed by atoms with Gasteiger partial charge >= 0.3 is 0 Å². The summed E-state index contributed by atoms with van der Waals surface area (Å²) in [6, 6.07) is 23.0.